The van der Waals surface area contributed by atoms with Gasteiger partial charge in [-0.3, -0.25) is 19.3 Å². The lowest BCUT2D eigenvalue weighted by atomic mass is 10.1. The van der Waals surface area contributed by atoms with E-state index < -0.39 is 4.92 Å². The van der Waals surface area contributed by atoms with Crippen molar-refractivity contribution in [2.24, 2.45) is 0 Å². The zero-order valence-corrected chi connectivity index (χ0v) is 12.2. The Kier molecular flexibility index (Phi) is 3.06. The lowest BCUT2D eigenvalue weighted by Gasteiger charge is -2.00. The number of hydrogen-bond acceptors (Lipinski definition) is 5. The van der Waals surface area contributed by atoms with E-state index in [9.17, 15) is 14.9 Å². The van der Waals surface area contributed by atoms with Crippen molar-refractivity contribution in [2.45, 2.75) is 13.8 Å². The van der Waals surface area contributed by atoms with Gasteiger partial charge < -0.3 is 0 Å². The second-order valence-corrected chi connectivity index (χ2v) is 5.81. The summed E-state index contributed by atoms with van der Waals surface area (Å²) >= 11 is 1.49. The van der Waals surface area contributed by atoms with Gasteiger partial charge >= 0.3 is 0 Å². The first-order valence-electron chi connectivity index (χ1n) is 6.21. The molecule has 1 aromatic carbocycles. The van der Waals surface area contributed by atoms with E-state index in [0.29, 0.717) is 21.9 Å². The maximum Gasteiger partial charge on any atom is 0.270 e. The highest BCUT2D eigenvalue weighted by atomic mass is 32.1. The van der Waals surface area contributed by atoms with Gasteiger partial charge in [-0.1, -0.05) is 12.1 Å². The minimum Gasteiger partial charge on any atom is -0.296 e. The molecule has 6 nitrogen and oxygen atoms in total. The van der Waals surface area contributed by atoms with Crippen molar-refractivity contribution in [3.63, 3.8) is 0 Å². The third kappa shape index (κ3) is 2.02. The number of imidazole rings is 1. The molecule has 0 unspecified atom stereocenters. The smallest absolute Gasteiger partial charge is 0.270 e. The summed E-state index contributed by atoms with van der Waals surface area (Å²) in [5, 5.41) is 10.9. The molecule has 21 heavy (non-hydrogen) atoms. The molecular formula is C14H11N3O3S. The number of carbonyl (C=O) groups is 1. The Morgan fingerprint density at radius 1 is 1.38 bits per heavy atom. The number of aromatic nitrogens is 2. The predicted octanol–water partition coefficient (Wildman–Crippen LogP) is 3.40. The number of nitro benzene ring substituents is 1. The maximum absolute atomic E-state index is 11.5. The second-order valence-electron chi connectivity index (χ2n) is 4.63. The molecule has 0 amide bonds. The number of fused-ring (bicyclic) bond motifs is 1. The molecule has 0 saturated heterocycles. The minimum absolute atomic E-state index is 0.0198. The van der Waals surface area contributed by atoms with Crippen LogP contribution >= 0.6 is 11.3 Å². The molecule has 0 aliphatic rings. The number of nitro groups is 1. The van der Waals surface area contributed by atoms with Crippen LogP contribution < -0.4 is 0 Å². The number of non-ortho nitro benzene ring substituents is 1. The van der Waals surface area contributed by atoms with Crippen molar-refractivity contribution in [3.05, 3.63) is 50.6 Å². The number of nitrogens with zero attached hydrogens (tertiary/aromatic N) is 3. The second kappa shape index (κ2) is 4.78. The normalized spacial score (nSPS) is 11.0. The first-order chi connectivity index (χ1) is 10.0. The van der Waals surface area contributed by atoms with Crippen LogP contribution in [0.25, 0.3) is 16.2 Å². The van der Waals surface area contributed by atoms with Crippen LogP contribution in [-0.2, 0) is 0 Å². The van der Waals surface area contributed by atoms with Crippen LogP contribution in [0.5, 0.6) is 0 Å². The number of benzene rings is 1. The van der Waals surface area contributed by atoms with Crippen molar-refractivity contribution in [1.29, 1.82) is 0 Å². The summed E-state index contributed by atoms with van der Waals surface area (Å²) in [7, 11) is 0. The van der Waals surface area contributed by atoms with Gasteiger partial charge in [0.25, 0.3) is 5.69 Å². The average molecular weight is 301 g/mol. The van der Waals surface area contributed by atoms with Gasteiger partial charge in [-0.2, -0.15) is 0 Å². The van der Waals surface area contributed by atoms with E-state index in [-0.39, 0.29) is 5.69 Å². The lowest BCUT2D eigenvalue weighted by molar-refractivity contribution is -0.384. The number of rotatable bonds is 3. The van der Waals surface area contributed by atoms with E-state index in [4.69, 9.17) is 0 Å². The van der Waals surface area contributed by atoms with Gasteiger partial charge in [0.05, 0.1) is 4.92 Å². The summed E-state index contributed by atoms with van der Waals surface area (Å²) in [6.07, 6.45) is 0.743. The van der Waals surface area contributed by atoms with Gasteiger partial charge in [0.15, 0.2) is 11.2 Å². The zero-order valence-electron chi connectivity index (χ0n) is 11.4. The van der Waals surface area contributed by atoms with Crippen molar-refractivity contribution < 1.29 is 9.72 Å². The summed E-state index contributed by atoms with van der Waals surface area (Å²) in [5.74, 6) is 0. The Morgan fingerprint density at radius 3 is 2.81 bits per heavy atom. The quantitative estimate of drug-likeness (QED) is 0.422. The molecule has 0 aliphatic heterocycles. The molecule has 0 N–H and O–H groups in total. The fraction of sp³-hybridized carbons (Fsp3) is 0.143. The first kappa shape index (κ1) is 13.4. The molecule has 0 fully saturated rings. The van der Waals surface area contributed by atoms with E-state index >= 15 is 0 Å². The average Bonchev–Trinajstić information content (AvgIpc) is 2.96. The van der Waals surface area contributed by atoms with E-state index in [2.05, 4.69) is 4.98 Å². The Bertz CT molecular complexity index is 879. The largest absolute Gasteiger partial charge is 0.296 e. The van der Waals surface area contributed by atoms with Gasteiger partial charge in [0.1, 0.15) is 11.4 Å². The van der Waals surface area contributed by atoms with Crippen molar-refractivity contribution in [2.75, 3.05) is 0 Å². The summed E-state index contributed by atoms with van der Waals surface area (Å²) in [5.41, 5.74) is 2.41. The van der Waals surface area contributed by atoms with Crippen molar-refractivity contribution >= 4 is 28.3 Å². The maximum atomic E-state index is 11.5. The molecule has 0 spiro atoms. The molecule has 3 rings (SSSR count). The summed E-state index contributed by atoms with van der Waals surface area (Å²) in [4.78, 5) is 28.1. The van der Waals surface area contributed by atoms with Gasteiger partial charge in [0.2, 0.25) is 0 Å². The molecule has 3 aromatic rings. The van der Waals surface area contributed by atoms with Crippen LogP contribution in [0.1, 0.15) is 21.1 Å². The van der Waals surface area contributed by atoms with E-state index in [0.717, 1.165) is 16.9 Å². The summed E-state index contributed by atoms with van der Waals surface area (Å²) in [6, 6.07) is 6.15. The molecular weight excluding hydrogens is 290 g/mol. The van der Waals surface area contributed by atoms with Crippen LogP contribution in [0.4, 0.5) is 5.69 Å². The zero-order chi connectivity index (χ0) is 15.1. The third-order valence-corrected chi connectivity index (χ3v) is 4.47. The third-order valence-electron chi connectivity index (χ3n) is 3.41. The van der Waals surface area contributed by atoms with Crippen LogP contribution in [0, 0.1) is 24.0 Å². The SMILES string of the molecule is Cc1sc2nc(-c3cccc([N+](=O)[O-])c3)c(C=O)n2c1C. The number of aryl methyl sites for hydroxylation is 2. The van der Waals surface area contributed by atoms with Crippen LogP contribution in [0.15, 0.2) is 24.3 Å². The summed E-state index contributed by atoms with van der Waals surface area (Å²) in [6.45, 7) is 3.89. The van der Waals surface area contributed by atoms with Crippen LogP contribution in [0.2, 0.25) is 0 Å². The summed E-state index contributed by atoms with van der Waals surface area (Å²) < 4.78 is 1.79. The highest BCUT2D eigenvalue weighted by Gasteiger charge is 2.19. The highest BCUT2D eigenvalue weighted by molar-refractivity contribution is 7.17. The molecule has 2 aromatic heterocycles. The Hall–Kier alpha value is -2.54. The van der Waals surface area contributed by atoms with Gasteiger partial charge in [-0.15, -0.1) is 11.3 Å². The Balaban J connectivity index is 2.27. The van der Waals surface area contributed by atoms with Crippen LogP contribution in [0.3, 0.4) is 0 Å². The molecule has 7 heteroatoms. The standard InChI is InChI=1S/C14H11N3O3S/c1-8-9(2)21-14-15-13(12(7-18)16(8)14)10-4-3-5-11(6-10)17(19)20/h3-7H,1-2H3. The first-order valence-corrected chi connectivity index (χ1v) is 7.03. The van der Waals surface area contributed by atoms with Crippen molar-refractivity contribution in [3.8, 4) is 11.3 Å². The number of thiazole rings is 1. The van der Waals surface area contributed by atoms with Crippen molar-refractivity contribution in [1.82, 2.24) is 9.38 Å². The topological polar surface area (TPSA) is 77.5 Å². The Morgan fingerprint density at radius 2 is 2.14 bits per heavy atom. The number of carbonyl (C=O) groups excluding carboxylic acids is 1. The Labute approximate surface area is 123 Å². The van der Waals surface area contributed by atoms with Gasteiger partial charge in [-0.05, 0) is 13.8 Å². The molecule has 0 saturated carbocycles. The highest BCUT2D eigenvalue weighted by Crippen LogP contribution is 2.31. The number of hydrogen-bond donors (Lipinski definition) is 0. The molecule has 0 atom stereocenters. The van der Waals surface area contributed by atoms with E-state index in [1.165, 1.54) is 23.5 Å². The minimum atomic E-state index is -0.460. The monoisotopic (exact) mass is 301 g/mol. The van der Waals surface area contributed by atoms with Gasteiger partial charge in [0, 0.05) is 28.3 Å². The molecule has 2 heterocycles. The van der Waals surface area contributed by atoms with Crippen LogP contribution in [-0.4, -0.2) is 20.6 Å². The molecule has 0 radical (unpaired) electrons. The molecule has 106 valence electrons. The lowest BCUT2D eigenvalue weighted by Crippen LogP contribution is -1.95. The van der Waals surface area contributed by atoms with E-state index in [1.54, 1.807) is 16.5 Å². The number of aldehydes is 1. The fourth-order valence-corrected chi connectivity index (χ4v) is 3.24. The van der Waals surface area contributed by atoms with E-state index in [1.807, 2.05) is 13.8 Å². The fourth-order valence-electron chi connectivity index (χ4n) is 2.26. The van der Waals surface area contributed by atoms with Gasteiger partial charge in [-0.25, -0.2) is 4.98 Å². The molecule has 0 aliphatic carbocycles. The molecule has 0 bridgehead atoms. The predicted molar refractivity (Wildman–Crippen MR) is 80.0 cm³/mol.